The molecule has 3 nitrogen and oxygen atoms in total. The summed E-state index contributed by atoms with van der Waals surface area (Å²) in [5, 5.41) is 8.86. The molecule has 0 aliphatic carbocycles. The minimum Gasteiger partial charge on any atom is -0.481 e. The molecule has 1 fully saturated rings. The largest absolute Gasteiger partial charge is 0.481 e. The van der Waals surface area contributed by atoms with E-state index in [1.165, 1.54) is 19.3 Å². The van der Waals surface area contributed by atoms with Gasteiger partial charge in [0.2, 0.25) is 0 Å². The number of hydrogen-bond donors (Lipinski definition) is 1. The van der Waals surface area contributed by atoms with Crippen LogP contribution in [0.3, 0.4) is 0 Å². The smallest absolute Gasteiger partial charge is 0.307 e. The second-order valence-electron chi connectivity index (χ2n) is 4.16. The highest BCUT2D eigenvalue weighted by Gasteiger charge is 2.15. The Hall–Kier alpha value is -1.51. The summed E-state index contributed by atoms with van der Waals surface area (Å²) in [5.41, 5.74) is 1.85. The molecule has 0 atom stereocenters. The van der Waals surface area contributed by atoms with Crippen LogP contribution in [0.5, 0.6) is 0 Å². The average Bonchev–Trinajstić information content (AvgIpc) is 2.30. The Kier molecular flexibility index (Phi) is 3.44. The molecule has 1 heterocycles. The van der Waals surface area contributed by atoms with E-state index in [9.17, 15) is 4.79 Å². The lowest BCUT2D eigenvalue weighted by Crippen LogP contribution is -2.30. The molecule has 1 N–H and O–H groups in total. The van der Waals surface area contributed by atoms with Gasteiger partial charge in [0.1, 0.15) is 0 Å². The van der Waals surface area contributed by atoms with Crippen LogP contribution in [0.4, 0.5) is 5.69 Å². The number of piperidine rings is 1. The number of anilines is 1. The molecule has 0 aromatic heterocycles. The van der Waals surface area contributed by atoms with Gasteiger partial charge in [-0.25, -0.2) is 0 Å². The van der Waals surface area contributed by atoms with Crippen molar-refractivity contribution in [3.8, 4) is 0 Å². The molecule has 16 heavy (non-hydrogen) atoms. The number of hydrogen-bond acceptors (Lipinski definition) is 2. The van der Waals surface area contributed by atoms with Gasteiger partial charge < -0.3 is 10.0 Å². The highest BCUT2D eigenvalue weighted by molar-refractivity contribution is 5.73. The molecule has 1 aliphatic rings. The standard InChI is InChI=1S/C13H16NO2/c15-13(16)10-11-6-2-3-7-12(11)14-8-4-1-5-9-14/h2-3,6H,1,4-5,8-10H2,(H,15,16). The summed E-state index contributed by atoms with van der Waals surface area (Å²) in [5.74, 6) is -0.780. The van der Waals surface area contributed by atoms with Crippen molar-refractivity contribution >= 4 is 11.7 Å². The van der Waals surface area contributed by atoms with Crippen LogP contribution < -0.4 is 4.90 Å². The molecule has 1 saturated heterocycles. The predicted molar refractivity (Wildman–Crippen MR) is 62.7 cm³/mol. The number of carbonyl (C=O) groups is 1. The van der Waals surface area contributed by atoms with E-state index >= 15 is 0 Å². The zero-order valence-electron chi connectivity index (χ0n) is 9.28. The second-order valence-corrected chi connectivity index (χ2v) is 4.16. The summed E-state index contributed by atoms with van der Waals surface area (Å²) in [7, 11) is 0. The van der Waals surface area contributed by atoms with Gasteiger partial charge in [-0.1, -0.05) is 18.2 Å². The van der Waals surface area contributed by atoms with Gasteiger partial charge in [0, 0.05) is 24.8 Å². The molecule has 0 saturated carbocycles. The van der Waals surface area contributed by atoms with Gasteiger partial charge in [0.25, 0.3) is 0 Å². The maximum Gasteiger partial charge on any atom is 0.307 e. The first-order chi connectivity index (χ1) is 7.77. The van der Waals surface area contributed by atoms with E-state index in [-0.39, 0.29) is 6.42 Å². The molecule has 85 valence electrons. The zero-order chi connectivity index (χ0) is 11.4. The number of carboxylic acids is 1. The van der Waals surface area contributed by atoms with E-state index in [1.807, 2.05) is 18.2 Å². The Balaban J connectivity index is 2.20. The molecule has 3 heteroatoms. The molecular weight excluding hydrogens is 202 g/mol. The van der Waals surface area contributed by atoms with Crippen molar-refractivity contribution in [3.63, 3.8) is 0 Å². The molecule has 1 radical (unpaired) electrons. The van der Waals surface area contributed by atoms with E-state index in [1.54, 1.807) is 0 Å². The maximum absolute atomic E-state index is 10.8. The summed E-state index contributed by atoms with van der Waals surface area (Å²) in [4.78, 5) is 13.0. The first kappa shape index (κ1) is 11.0. The summed E-state index contributed by atoms with van der Waals surface area (Å²) in [6.07, 6.45) is 3.74. The van der Waals surface area contributed by atoms with E-state index < -0.39 is 5.97 Å². The normalized spacial score (nSPS) is 16.1. The lowest BCUT2D eigenvalue weighted by molar-refractivity contribution is -0.136. The van der Waals surface area contributed by atoms with Gasteiger partial charge in [-0.3, -0.25) is 4.79 Å². The van der Waals surface area contributed by atoms with Crippen molar-refractivity contribution in [2.45, 2.75) is 25.7 Å². The van der Waals surface area contributed by atoms with Gasteiger partial charge in [0.15, 0.2) is 0 Å². The number of nitrogens with zero attached hydrogens (tertiary/aromatic N) is 1. The monoisotopic (exact) mass is 218 g/mol. The third-order valence-corrected chi connectivity index (χ3v) is 2.93. The SMILES string of the molecule is O=C(O)Cc1ccc[c]c1N1CCCCC1. The molecule has 1 aromatic rings. The van der Waals surface area contributed by atoms with Crippen LogP contribution in [0.1, 0.15) is 24.8 Å². The minimum atomic E-state index is -0.780. The Morgan fingerprint density at radius 1 is 1.38 bits per heavy atom. The third-order valence-electron chi connectivity index (χ3n) is 2.93. The molecule has 0 spiro atoms. The molecule has 1 aliphatic heterocycles. The fourth-order valence-electron chi connectivity index (χ4n) is 2.18. The Labute approximate surface area is 95.7 Å². The maximum atomic E-state index is 10.8. The topological polar surface area (TPSA) is 40.5 Å². The molecular formula is C13H16NO2. The van der Waals surface area contributed by atoms with Crippen molar-refractivity contribution in [2.24, 2.45) is 0 Å². The quantitative estimate of drug-likeness (QED) is 0.844. The molecule has 0 amide bonds. The molecule has 2 rings (SSSR count). The molecule has 0 bridgehead atoms. The minimum absolute atomic E-state index is 0.0865. The van der Waals surface area contributed by atoms with Gasteiger partial charge >= 0.3 is 5.97 Å². The number of carboxylic acid groups (broad SMARTS) is 1. The Morgan fingerprint density at radius 3 is 2.81 bits per heavy atom. The van der Waals surface area contributed by atoms with E-state index in [4.69, 9.17) is 5.11 Å². The van der Waals surface area contributed by atoms with Gasteiger partial charge in [-0.05, 0) is 24.8 Å². The van der Waals surface area contributed by atoms with Crippen LogP contribution in [-0.2, 0) is 11.2 Å². The van der Waals surface area contributed by atoms with Crippen LogP contribution in [0.25, 0.3) is 0 Å². The molecule has 0 unspecified atom stereocenters. The highest BCUT2D eigenvalue weighted by atomic mass is 16.4. The highest BCUT2D eigenvalue weighted by Crippen LogP contribution is 2.23. The third kappa shape index (κ3) is 2.54. The van der Waals surface area contributed by atoms with Crippen LogP contribution in [0, 0.1) is 6.07 Å². The van der Waals surface area contributed by atoms with Crippen molar-refractivity contribution < 1.29 is 9.90 Å². The number of rotatable bonds is 3. The fraction of sp³-hybridized carbons (Fsp3) is 0.462. The van der Waals surface area contributed by atoms with E-state index in [0.29, 0.717) is 0 Å². The van der Waals surface area contributed by atoms with Crippen molar-refractivity contribution in [2.75, 3.05) is 18.0 Å². The lowest BCUT2D eigenvalue weighted by atomic mass is 10.1. The van der Waals surface area contributed by atoms with Crippen molar-refractivity contribution in [1.29, 1.82) is 0 Å². The van der Waals surface area contributed by atoms with Crippen LogP contribution in [0.2, 0.25) is 0 Å². The number of benzene rings is 1. The number of para-hydroxylation sites is 1. The zero-order valence-corrected chi connectivity index (χ0v) is 9.28. The van der Waals surface area contributed by atoms with Gasteiger partial charge in [-0.2, -0.15) is 0 Å². The van der Waals surface area contributed by atoms with Gasteiger partial charge in [-0.15, -0.1) is 0 Å². The molecule has 1 aromatic carbocycles. The van der Waals surface area contributed by atoms with E-state index in [2.05, 4.69) is 11.0 Å². The summed E-state index contributed by atoms with van der Waals surface area (Å²) >= 11 is 0. The first-order valence-corrected chi connectivity index (χ1v) is 5.73. The number of aliphatic carboxylic acids is 1. The van der Waals surface area contributed by atoms with Gasteiger partial charge in [0.05, 0.1) is 6.42 Å². The summed E-state index contributed by atoms with van der Waals surface area (Å²) in [6.45, 7) is 2.04. The summed E-state index contributed by atoms with van der Waals surface area (Å²) in [6, 6.07) is 8.77. The van der Waals surface area contributed by atoms with Crippen LogP contribution in [-0.4, -0.2) is 24.2 Å². The van der Waals surface area contributed by atoms with Crippen molar-refractivity contribution in [3.05, 3.63) is 29.8 Å². The Bertz CT molecular complexity index is 370. The summed E-state index contributed by atoms with van der Waals surface area (Å²) < 4.78 is 0. The van der Waals surface area contributed by atoms with Crippen molar-refractivity contribution in [1.82, 2.24) is 0 Å². The van der Waals surface area contributed by atoms with Crippen LogP contribution >= 0.6 is 0 Å². The van der Waals surface area contributed by atoms with E-state index in [0.717, 1.165) is 24.3 Å². The van der Waals surface area contributed by atoms with Crippen LogP contribution in [0.15, 0.2) is 18.2 Å². The first-order valence-electron chi connectivity index (χ1n) is 5.73. The second kappa shape index (κ2) is 5.01. The predicted octanol–water partition coefficient (Wildman–Crippen LogP) is 2.10. The Morgan fingerprint density at radius 2 is 2.12 bits per heavy atom. The fourth-order valence-corrected chi connectivity index (χ4v) is 2.18. The average molecular weight is 218 g/mol. The lowest BCUT2D eigenvalue weighted by Gasteiger charge is -2.30.